The number of rotatable bonds is 6. The van der Waals surface area contributed by atoms with E-state index in [9.17, 15) is 5.11 Å². The van der Waals surface area contributed by atoms with Gasteiger partial charge in [0.15, 0.2) is 5.82 Å². The molecule has 0 radical (unpaired) electrons. The number of nitrogen functional groups attached to an aromatic ring is 1. The van der Waals surface area contributed by atoms with Gasteiger partial charge in [-0.25, -0.2) is 9.97 Å². The Kier molecular flexibility index (Phi) is 8.91. The Morgan fingerprint density at radius 1 is 1.15 bits per heavy atom. The average Bonchev–Trinajstić information content (AvgIpc) is 3.16. The third kappa shape index (κ3) is 6.42. The van der Waals surface area contributed by atoms with Gasteiger partial charge in [-0.3, -0.25) is 4.90 Å². The van der Waals surface area contributed by atoms with Gasteiger partial charge in [0, 0.05) is 51.1 Å². The zero-order valence-corrected chi connectivity index (χ0v) is 23.0. The number of nitrogens with two attached hydrogens (primary N) is 1. The topological polar surface area (TPSA) is 126 Å². The van der Waals surface area contributed by atoms with E-state index in [4.69, 9.17) is 20.2 Å². The van der Waals surface area contributed by atoms with Crippen molar-refractivity contribution in [1.82, 2.24) is 25.1 Å². The summed E-state index contributed by atoms with van der Waals surface area (Å²) in [4.78, 5) is 16.0. The van der Waals surface area contributed by atoms with Crippen molar-refractivity contribution in [3.05, 3.63) is 48.4 Å². The molecule has 2 aliphatic heterocycles. The van der Waals surface area contributed by atoms with Crippen molar-refractivity contribution in [3.8, 4) is 28.8 Å². The minimum Gasteiger partial charge on any atom is -0.507 e. The Balaban J connectivity index is 1.28. The first-order valence-electron chi connectivity index (χ1n) is 13.6. The second-order valence-corrected chi connectivity index (χ2v) is 10.0. The molecule has 3 aromatic rings. The molecule has 2 aromatic heterocycles. The van der Waals surface area contributed by atoms with Crippen molar-refractivity contribution in [1.29, 1.82) is 0 Å². The number of hydrogen-bond acceptors (Lipinski definition) is 11. The van der Waals surface area contributed by atoms with E-state index in [2.05, 4.69) is 48.6 Å². The summed E-state index contributed by atoms with van der Waals surface area (Å²) in [5, 5.41) is 18.7. The van der Waals surface area contributed by atoms with Crippen LogP contribution in [0.4, 0.5) is 17.3 Å². The van der Waals surface area contributed by atoms with Crippen LogP contribution in [0.2, 0.25) is 0 Å². The standard InChI is InChI=1S/C29H36N8O3/c1-21-10-13-36(25-18-24(33-34-29(25)30)23-6-3-4-7-26(23)38)14-15-37(21)28-9-11-31-27(32-28)8-5-12-35-16-17-40-20-22(35)19-39-2/h3-4,6-7,9,11,18,21-22,38H,10,12-17,19-20H2,1-2H3,(H2,30,34). The van der Waals surface area contributed by atoms with Crippen LogP contribution < -0.4 is 15.5 Å². The summed E-state index contributed by atoms with van der Waals surface area (Å²) in [6.45, 7) is 7.89. The SMILES string of the molecule is COCC1COCCN1CC#Cc1nccc(N2CCN(c3cc(-c4ccccc4O)nnc3N)CCC2C)n1. The molecular weight excluding hydrogens is 508 g/mol. The highest BCUT2D eigenvalue weighted by Crippen LogP contribution is 2.32. The number of ether oxygens (including phenoxy) is 2. The molecule has 0 bridgehead atoms. The van der Waals surface area contributed by atoms with Crippen LogP contribution in [0.15, 0.2) is 42.6 Å². The summed E-state index contributed by atoms with van der Waals surface area (Å²) < 4.78 is 10.9. The minimum absolute atomic E-state index is 0.158. The van der Waals surface area contributed by atoms with Crippen LogP contribution in [-0.2, 0) is 9.47 Å². The van der Waals surface area contributed by atoms with Crippen LogP contribution in [0.25, 0.3) is 11.3 Å². The van der Waals surface area contributed by atoms with Gasteiger partial charge in [-0.1, -0.05) is 18.1 Å². The van der Waals surface area contributed by atoms with Crippen molar-refractivity contribution in [2.24, 2.45) is 0 Å². The Hall–Kier alpha value is -3.98. The average molecular weight is 545 g/mol. The van der Waals surface area contributed by atoms with Gasteiger partial charge in [-0.15, -0.1) is 10.2 Å². The zero-order valence-electron chi connectivity index (χ0n) is 23.0. The Bertz CT molecular complexity index is 1360. The molecule has 5 rings (SSSR count). The number of para-hydroxylation sites is 1. The second-order valence-electron chi connectivity index (χ2n) is 10.0. The zero-order chi connectivity index (χ0) is 27.9. The van der Waals surface area contributed by atoms with Gasteiger partial charge in [0.2, 0.25) is 5.82 Å². The maximum atomic E-state index is 10.3. The predicted octanol–water partition coefficient (Wildman–Crippen LogP) is 2.03. The number of aromatic hydroxyl groups is 1. The molecule has 11 nitrogen and oxygen atoms in total. The van der Waals surface area contributed by atoms with Crippen LogP contribution in [0, 0.1) is 11.8 Å². The number of nitrogens with zero attached hydrogens (tertiary/aromatic N) is 7. The number of anilines is 3. The lowest BCUT2D eigenvalue weighted by atomic mass is 10.1. The van der Waals surface area contributed by atoms with Crippen LogP contribution in [0.5, 0.6) is 5.75 Å². The summed E-state index contributed by atoms with van der Waals surface area (Å²) in [6.07, 6.45) is 2.67. The van der Waals surface area contributed by atoms with E-state index in [1.807, 2.05) is 24.3 Å². The van der Waals surface area contributed by atoms with E-state index in [0.29, 0.717) is 49.3 Å². The second kappa shape index (κ2) is 12.9. The molecule has 11 heteroatoms. The van der Waals surface area contributed by atoms with E-state index in [-0.39, 0.29) is 17.8 Å². The number of morpholine rings is 1. The van der Waals surface area contributed by atoms with Gasteiger partial charge >= 0.3 is 0 Å². The number of aromatic nitrogens is 4. The molecule has 210 valence electrons. The van der Waals surface area contributed by atoms with Crippen molar-refractivity contribution in [2.45, 2.75) is 25.4 Å². The normalized spacial score (nSPS) is 20.1. The molecule has 0 saturated carbocycles. The van der Waals surface area contributed by atoms with Crippen LogP contribution in [-0.4, -0.2) is 102 Å². The first-order chi connectivity index (χ1) is 19.5. The third-order valence-electron chi connectivity index (χ3n) is 7.41. The van der Waals surface area contributed by atoms with Crippen molar-refractivity contribution in [2.75, 3.05) is 75.2 Å². The lowest BCUT2D eigenvalue weighted by molar-refractivity contribution is -0.0290. The summed E-state index contributed by atoms with van der Waals surface area (Å²) in [7, 11) is 1.71. The number of benzene rings is 1. The molecule has 1 aromatic carbocycles. The molecule has 0 aliphatic carbocycles. The summed E-state index contributed by atoms with van der Waals surface area (Å²) in [5.74, 6) is 8.28. The van der Waals surface area contributed by atoms with E-state index in [1.54, 1.807) is 25.4 Å². The van der Waals surface area contributed by atoms with Gasteiger partial charge in [0.1, 0.15) is 11.6 Å². The van der Waals surface area contributed by atoms with Crippen LogP contribution >= 0.6 is 0 Å². The largest absolute Gasteiger partial charge is 0.507 e. The van der Waals surface area contributed by atoms with Crippen molar-refractivity contribution in [3.63, 3.8) is 0 Å². The number of methoxy groups -OCH3 is 1. The molecule has 40 heavy (non-hydrogen) atoms. The van der Waals surface area contributed by atoms with Crippen LogP contribution in [0.1, 0.15) is 19.2 Å². The van der Waals surface area contributed by atoms with E-state index in [0.717, 1.165) is 44.1 Å². The predicted molar refractivity (Wildman–Crippen MR) is 154 cm³/mol. The number of phenolic OH excluding ortho intramolecular Hbond substituents is 1. The lowest BCUT2D eigenvalue weighted by Gasteiger charge is -2.33. The Morgan fingerprint density at radius 3 is 2.88 bits per heavy atom. The molecule has 4 heterocycles. The molecule has 0 amide bonds. The molecule has 2 aliphatic rings. The van der Waals surface area contributed by atoms with Gasteiger partial charge in [-0.05, 0) is 43.5 Å². The molecule has 0 spiro atoms. The summed E-state index contributed by atoms with van der Waals surface area (Å²) in [5.41, 5.74) is 8.29. The minimum atomic E-state index is 0.158. The van der Waals surface area contributed by atoms with E-state index in [1.165, 1.54) is 0 Å². The van der Waals surface area contributed by atoms with Crippen molar-refractivity contribution >= 4 is 17.3 Å². The van der Waals surface area contributed by atoms with E-state index < -0.39 is 0 Å². The monoisotopic (exact) mass is 544 g/mol. The Labute approximate surface area is 234 Å². The highest BCUT2D eigenvalue weighted by atomic mass is 16.5. The molecule has 2 fully saturated rings. The first kappa shape index (κ1) is 27.6. The number of hydrogen-bond donors (Lipinski definition) is 2. The lowest BCUT2D eigenvalue weighted by Crippen LogP contribution is -2.47. The maximum absolute atomic E-state index is 10.3. The highest BCUT2D eigenvalue weighted by Gasteiger charge is 2.25. The fourth-order valence-corrected chi connectivity index (χ4v) is 5.14. The quantitative estimate of drug-likeness (QED) is 0.443. The van der Waals surface area contributed by atoms with E-state index >= 15 is 0 Å². The third-order valence-corrected chi connectivity index (χ3v) is 7.41. The van der Waals surface area contributed by atoms with Gasteiger partial charge in [-0.2, -0.15) is 0 Å². The van der Waals surface area contributed by atoms with Gasteiger partial charge in [0.05, 0.1) is 43.8 Å². The summed E-state index contributed by atoms with van der Waals surface area (Å²) >= 11 is 0. The number of phenols is 1. The maximum Gasteiger partial charge on any atom is 0.206 e. The molecule has 2 saturated heterocycles. The van der Waals surface area contributed by atoms with Gasteiger partial charge < -0.3 is 30.1 Å². The smallest absolute Gasteiger partial charge is 0.206 e. The fourth-order valence-electron chi connectivity index (χ4n) is 5.14. The fraction of sp³-hybridized carbons (Fsp3) is 0.448. The Morgan fingerprint density at radius 2 is 2.02 bits per heavy atom. The molecule has 3 N–H and O–H groups in total. The molecular formula is C29H36N8O3. The highest BCUT2D eigenvalue weighted by molar-refractivity contribution is 5.74. The first-order valence-corrected chi connectivity index (χ1v) is 13.6. The molecule has 2 atom stereocenters. The van der Waals surface area contributed by atoms with Crippen LogP contribution in [0.3, 0.4) is 0 Å². The van der Waals surface area contributed by atoms with Crippen molar-refractivity contribution < 1.29 is 14.6 Å². The van der Waals surface area contributed by atoms with Gasteiger partial charge in [0.25, 0.3) is 0 Å². The summed E-state index contributed by atoms with van der Waals surface area (Å²) in [6, 6.07) is 11.4. The molecule has 2 unspecified atom stereocenters.